The first kappa shape index (κ1) is 22.0. The van der Waals surface area contributed by atoms with Crippen molar-refractivity contribution in [2.24, 2.45) is 0 Å². The van der Waals surface area contributed by atoms with Gasteiger partial charge in [-0.2, -0.15) is 0 Å². The van der Waals surface area contributed by atoms with E-state index in [-0.39, 0.29) is 23.2 Å². The molecular weight excluding hydrogens is 426 g/mol. The van der Waals surface area contributed by atoms with E-state index in [4.69, 9.17) is 10.1 Å². The first-order valence-electron chi connectivity index (χ1n) is 10.3. The number of carbonyl (C=O) groups is 1. The summed E-state index contributed by atoms with van der Waals surface area (Å²) in [5, 5.41) is 8.36. The zero-order valence-electron chi connectivity index (χ0n) is 17.7. The molecule has 33 heavy (non-hydrogen) atoms. The average molecular weight is 446 g/mol. The Kier molecular flexibility index (Phi) is 6.35. The van der Waals surface area contributed by atoms with Crippen LogP contribution in [-0.4, -0.2) is 26.6 Å². The maximum atomic E-state index is 13.0. The molecule has 0 aliphatic rings. The number of nitrogens with one attached hydrogen (secondary N) is 2. The number of halogens is 2. The molecule has 0 atom stereocenters. The zero-order chi connectivity index (χ0) is 23.4. The van der Waals surface area contributed by atoms with E-state index in [1.165, 1.54) is 12.3 Å². The minimum atomic E-state index is -2.71. The topological polar surface area (TPSA) is 91.7 Å². The Balaban J connectivity index is 1.51. The van der Waals surface area contributed by atoms with Gasteiger partial charge < -0.3 is 9.72 Å². The van der Waals surface area contributed by atoms with E-state index >= 15 is 0 Å². The second kappa shape index (κ2) is 9.52. The Morgan fingerprint density at radius 1 is 1.12 bits per heavy atom. The molecule has 2 N–H and O–H groups in total. The Hall–Kier alpha value is -4.20. The van der Waals surface area contributed by atoms with Gasteiger partial charge in [0, 0.05) is 17.3 Å². The van der Waals surface area contributed by atoms with Crippen molar-refractivity contribution in [1.29, 1.82) is 5.41 Å². The summed E-state index contributed by atoms with van der Waals surface area (Å²) in [6, 6.07) is 16.5. The van der Waals surface area contributed by atoms with Gasteiger partial charge in [0.25, 0.3) is 6.43 Å². The average Bonchev–Trinajstić information content (AvgIpc) is 3.27. The number of rotatable bonds is 7. The number of ketones is 1. The van der Waals surface area contributed by atoms with Crippen LogP contribution in [0.25, 0.3) is 16.6 Å². The second-order valence-electron chi connectivity index (χ2n) is 7.18. The van der Waals surface area contributed by atoms with Crippen LogP contribution in [0.1, 0.15) is 47.2 Å². The highest BCUT2D eigenvalue weighted by Gasteiger charge is 2.17. The Morgan fingerprint density at radius 3 is 2.58 bits per heavy atom. The van der Waals surface area contributed by atoms with Crippen LogP contribution in [-0.2, 0) is 0 Å². The van der Waals surface area contributed by atoms with Crippen molar-refractivity contribution in [3.63, 3.8) is 0 Å². The maximum Gasteiger partial charge on any atom is 0.280 e. The fourth-order valence-corrected chi connectivity index (χ4v) is 3.33. The number of carbonyl (C=O) groups excluding carboxylic acids is 1. The van der Waals surface area contributed by atoms with Crippen molar-refractivity contribution in [3.8, 4) is 5.75 Å². The smallest absolute Gasteiger partial charge is 0.280 e. The third-order valence-electron chi connectivity index (χ3n) is 4.91. The van der Waals surface area contributed by atoms with E-state index in [0.29, 0.717) is 34.4 Å². The highest BCUT2D eigenvalue weighted by atomic mass is 19.3. The number of pyridine rings is 1. The molecule has 0 aliphatic heterocycles. The van der Waals surface area contributed by atoms with E-state index < -0.39 is 6.43 Å². The number of fused-ring (bicyclic) bond motifs is 1. The molecule has 166 valence electrons. The van der Waals surface area contributed by atoms with Crippen molar-refractivity contribution >= 4 is 28.3 Å². The van der Waals surface area contributed by atoms with E-state index in [9.17, 15) is 13.6 Å². The number of benzene rings is 2. The predicted molar refractivity (Wildman–Crippen MR) is 122 cm³/mol. The van der Waals surface area contributed by atoms with Gasteiger partial charge in [-0.05, 0) is 60.5 Å². The zero-order valence-corrected chi connectivity index (χ0v) is 17.7. The molecule has 4 rings (SSSR count). The Labute approximate surface area is 188 Å². The Morgan fingerprint density at radius 2 is 1.88 bits per heavy atom. The quantitative estimate of drug-likeness (QED) is 0.208. The number of hydrogen-bond donors (Lipinski definition) is 2. The number of aromatic nitrogens is 3. The van der Waals surface area contributed by atoms with Crippen molar-refractivity contribution < 1.29 is 18.3 Å². The molecule has 0 unspecified atom stereocenters. The third kappa shape index (κ3) is 4.85. The van der Waals surface area contributed by atoms with Gasteiger partial charge in [0.15, 0.2) is 5.82 Å². The van der Waals surface area contributed by atoms with Gasteiger partial charge in [0.1, 0.15) is 11.4 Å². The summed E-state index contributed by atoms with van der Waals surface area (Å²) in [4.78, 5) is 23.8. The fraction of sp³-hybridized carbons (Fsp3) is 0.120. The number of nitrogens with zero attached hydrogens (tertiary/aromatic N) is 2. The van der Waals surface area contributed by atoms with Crippen LogP contribution >= 0.6 is 0 Å². The molecule has 4 aromatic rings. The summed E-state index contributed by atoms with van der Waals surface area (Å²) in [5.74, 6) is 0.111. The number of ether oxygens (including phenoxy) is 1. The first-order chi connectivity index (χ1) is 16.0. The number of imidazole rings is 1. The molecule has 0 bridgehead atoms. The van der Waals surface area contributed by atoms with Gasteiger partial charge >= 0.3 is 0 Å². The highest BCUT2D eigenvalue weighted by Crippen LogP contribution is 2.24. The van der Waals surface area contributed by atoms with Crippen LogP contribution in [0, 0.1) is 5.41 Å². The van der Waals surface area contributed by atoms with Gasteiger partial charge in [-0.1, -0.05) is 25.1 Å². The molecule has 0 saturated heterocycles. The largest absolute Gasteiger partial charge is 0.439 e. The standard InChI is InChI=1S/C25H20F2N4O2/c1-2-5-18(16-12-13-29-21(14-16)23(26)27)24(28)33-17-10-8-15(9-11-17)22(32)25-30-19-6-3-4-7-20(19)31-25/h3-14,23,28H,2H2,1H3,(H,30,31)/b18-5-,28-24?. The van der Waals surface area contributed by atoms with E-state index in [1.807, 2.05) is 31.2 Å². The molecule has 8 heteroatoms. The van der Waals surface area contributed by atoms with Crippen molar-refractivity contribution in [3.05, 3.63) is 95.6 Å². The molecular formula is C25H20F2N4O2. The molecule has 2 heterocycles. The molecule has 0 saturated carbocycles. The van der Waals surface area contributed by atoms with E-state index in [2.05, 4.69) is 15.0 Å². The lowest BCUT2D eigenvalue weighted by atomic mass is 10.0. The number of allylic oxidation sites excluding steroid dienone is 1. The summed E-state index contributed by atoms with van der Waals surface area (Å²) in [7, 11) is 0. The van der Waals surface area contributed by atoms with Gasteiger partial charge in [-0.3, -0.25) is 15.2 Å². The lowest BCUT2D eigenvalue weighted by Crippen LogP contribution is -2.11. The summed E-state index contributed by atoms with van der Waals surface area (Å²) >= 11 is 0. The van der Waals surface area contributed by atoms with Gasteiger partial charge in [0.2, 0.25) is 11.7 Å². The summed E-state index contributed by atoms with van der Waals surface area (Å²) in [6.45, 7) is 1.88. The van der Waals surface area contributed by atoms with Crippen LogP contribution in [0.3, 0.4) is 0 Å². The Bertz CT molecular complexity index is 1310. The first-order valence-corrected chi connectivity index (χ1v) is 10.3. The number of aromatic amines is 1. The number of alkyl halides is 2. The van der Waals surface area contributed by atoms with Crippen molar-refractivity contribution in [2.75, 3.05) is 0 Å². The van der Waals surface area contributed by atoms with Crippen molar-refractivity contribution in [1.82, 2.24) is 15.0 Å². The molecule has 0 fully saturated rings. The monoisotopic (exact) mass is 446 g/mol. The summed E-state index contributed by atoms with van der Waals surface area (Å²) < 4.78 is 31.7. The molecule has 0 aliphatic carbocycles. The predicted octanol–water partition coefficient (Wildman–Crippen LogP) is 5.98. The minimum Gasteiger partial charge on any atom is -0.439 e. The normalized spacial score (nSPS) is 11.7. The van der Waals surface area contributed by atoms with Crippen LogP contribution in [0.4, 0.5) is 8.78 Å². The minimum absolute atomic E-state index is 0.195. The number of para-hydroxylation sites is 2. The lowest BCUT2D eigenvalue weighted by molar-refractivity contribution is 0.103. The van der Waals surface area contributed by atoms with Gasteiger partial charge in [-0.15, -0.1) is 0 Å². The molecule has 0 spiro atoms. The molecule has 0 radical (unpaired) electrons. The summed E-state index contributed by atoms with van der Waals surface area (Å²) in [5.41, 5.74) is 2.32. The molecule has 2 aromatic carbocycles. The van der Waals surface area contributed by atoms with E-state index in [1.54, 1.807) is 36.4 Å². The number of H-pyrrole nitrogens is 1. The number of hydrogen-bond acceptors (Lipinski definition) is 5. The van der Waals surface area contributed by atoms with Crippen LogP contribution in [0.5, 0.6) is 5.75 Å². The van der Waals surface area contributed by atoms with E-state index in [0.717, 1.165) is 5.52 Å². The maximum absolute atomic E-state index is 13.0. The lowest BCUT2D eigenvalue weighted by Gasteiger charge is -2.12. The van der Waals surface area contributed by atoms with Crippen LogP contribution < -0.4 is 4.74 Å². The fourth-order valence-electron chi connectivity index (χ4n) is 3.33. The third-order valence-corrected chi connectivity index (χ3v) is 4.91. The molecule has 0 amide bonds. The van der Waals surface area contributed by atoms with Crippen molar-refractivity contribution in [2.45, 2.75) is 19.8 Å². The van der Waals surface area contributed by atoms with Gasteiger partial charge in [-0.25, -0.2) is 13.8 Å². The molecule has 2 aromatic heterocycles. The SMILES string of the molecule is CC/C=C(\C(=N)Oc1ccc(C(=O)c2nc3ccccc3[nH]2)cc1)c1ccnc(C(F)F)c1. The second-order valence-corrected chi connectivity index (χ2v) is 7.18. The van der Waals surface area contributed by atoms with Crippen LogP contribution in [0.15, 0.2) is 72.9 Å². The van der Waals surface area contributed by atoms with Crippen LogP contribution in [0.2, 0.25) is 0 Å². The van der Waals surface area contributed by atoms with Gasteiger partial charge in [0.05, 0.1) is 11.0 Å². The molecule has 6 nitrogen and oxygen atoms in total. The highest BCUT2D eigenvalue weighted by molar-refractivity contribution is 6.18. The summed E-state index contributed by atoms with van der Waals surface area (Å²) in [6.07, 6.45) is 0.886.